The van der Waals surface area contributed by atoms with Gasteiger partial charge < -0.3 is 4.98 Å². The van der Waals surface area contributed by atoms with Crippen molar-refractivity contribution in [2.45, 2.75) is 12.8 Å². The molecule has 1 aromatic heterocycles. The Labute approximate surface area is 133 Å². The fraction of sp³-hybridized carbons (Fsp3) is 0.118. The van der Waals surface area contributed by atoms with Gasteiger partial charge in [-0.25, -0.2) is 4.98 Å². The number of nitrogens with one attached hydrogen (secondary N) is 1. The van der Waals surface area contributed by atoms with E-state index in [1.165, 1.54) is 5.56 Å². The van der Waals surface area contributed by atoms with Gasteiger partial charge in [-0.15, -0.1) is 0 Å². The second-order valence-corrected chi connectivity index (χ2v) is 5.60. The van der Waals surface area contributed by atoms with Crippen LogP contribution >= 0.6 is 23.2 Å². The van der Waals surface area contributed by atoms with Crippen LogP contribution in [0.2, 0.25) is 10.0 Å². The molecule has 2 aromatic carbocycles. The molecule has 4 heteroatoms. The van der Waals surface area contributed by atoms with Gasteiger partial charge in [0.05, 0.1) is 15.7 Å². The van der Waals surface area contributed by atoms with Crippen LogP contribution < -0.4 is 0 Å². The second kappa shape index (κ2) is 6.33. The number of hydrogen-bond acceptors (Lipinski definition) is 1. The van der Waals surface area contributed by atoms with Crippen LogP contribution in [-0.4, -0.2) is 9.97 Å². The van der Waals surface area contributed by atoms with E-state index in [1.807, 2.05) is 24.4 Å². The second-order valence-electron chi connectivity index (χ2n) is 4.82. The predicted octanol–water partition coefficient (Wildman–Crippen LogP) is 5.17. The summed E-state index contributed by atoms with van der Waals surface area (Å²) in [7, 11) is 0. The minimum atomic E-state index is 0.542. The Hall–Kier alpha value is -1.77. The monoisotopic (exact) mass is 316 g/mol. The van der Waals surface area contributed by atoms with Crippen molar-refractivity contribution in [3.8, 4) is 11.3 Å². The van der Waals surface area contributed by atoms with Crippen LogP contribution in [0.4, 0.5) is 0 Å². The molecule has 0 unspecified atom stereocenters. The normalized spacial score (nSPS) is 10.8. The van der Waals surface area contributed by atoms with E-state index in [1.54, 1.807) is 6.07 Å². The van der Waals surface area contributed by atoms with E-state index < -0.39 is 0 Å². The summed E-state index contributed by atoms with van der Waals surface area (Å²) in [5.74, 6) is 0.949. The maximum absolute atomic E-state index is 6.22. The number of hydrogen-bond donors (Lipinski definition) is 1. The maximum Gasteiger partial charge on any atom is 0.107 e. The number of aromatic amines is 1. The molecule has 0 aliphatic heterocycles. The van der Waals surface area contributed by atoms with E-state index in [0.717, 1.165) is 29.9 Å². The van der Waals surface area contributed by atoms with Crippen LogP contribution in [0.15, 0.2) is 54.7 Å². The van der Waals surface area contributed by atoms with Crippen molar-refractivity contribution in [2.24, 2.45) is 0 Å². The number of aromatic nitrogens is 2. The average molecular weight is 317 g/mol. The van der Waals surface area contributed by atoms with Crippen molar-refractivity contribution < 1.29 is 0 Å². The maximum atomic E-state index is 6.22. The van der Waals surface area contributed by atoms with Crippen LogP contribution in [0.3, 0.4) is 0 Å². The van der Waals surface area contributed by atoms with Crippen LogP contribution in [-0.2, 0) is 12.8 Å². The van der Waals surface area contributed by atoms with Gasteiger partial charge in [0.2, 0.25) is 0 Å². The molecule has 0 saturated carbocycles. The molecule has 1 N–H and O–H groups in total. The third-order valence-electron chi connectivity index (χ3n) is 3.35. The molecule has 3 rings (SSSR count). The lowest BCUT2D eigenvalue weighted by Gasteiger charge is -2.02. The first-order chi connectivity index (χ1) is 10.2. The summed E-state index contributed by atoms with van der Waals surface area (Å²) < 4.78 is 0. The molecule has 0 spiro atoms. The quantitative estimate of drug-likeness (QED) is 0.706. The van der Waals surface area contributed by atoms with Crippen LogP contribution in [0, 0.1) is 0 Å². The van der Waals surface area contributed by atoms with E-state index in [2.05, 4.69) is 34.2 Å². The molecule has 21 heavy (non-hydrogen) atoms. The zero-order chi connectivity index (χ0) is 14.7. The van der Waals surface area contributed by atoms with Crippen molar-refractivity contribution in [3.05, 3.63) is 76.2 Å². The van der Waals surface area contributed by atoms with Gasteiger partial charge >= 0.3 is 0 Å². The van der Waals surface area contributed by atoms with Crippen molar-refractivity contribution in [1.29, 1.82) is 0 Å². The molecule has 0 fully saturated rings. The van der Waals surface area contributed by atoms with Gasteiger partial charge in [-0.05, 0) is 18.1 Å². The zero-order valence-corrected chi connectivity index (χ0v) is 12.8. The minimum Gasteiger partial charge on any atom is -0.348 e. The molecule has 1 heterocycles. The first-order valence-corrected chi connectivity index (χ1v) is 7.52. The number of nitrogens with zero attached hydrogens (tertiary/aromatic N) is 1. The van der Waals surface area contributed by atoms with Gasteiger partial charge in [0.1, 0.15) is 5.82 Å². The van der Waals surface area contributed by atoms with E-state index in [-0.39, 0.29) is 0 Å². The largest absolute Gasteiger partial charge is 0.348 e. The van der Waals surface area contributed by atoms with Gasteiger partial charge in [-0.3, -0.25) is 0 Å². The SMILES string of the molecule is Clc1cccc(-c2c[nH]c(CCc3ccccc3)n2)c1Cl. The minimum absolute atomic E-state index is 0.542. The highest BCUT2D eigenvalue weighted by Crippen LogP contribution is 2.32. The molecule has 0 amide bonds. The van der Waals surface area contributed by atoms with Crippen molar-refractivity contribution in [1.82, 2.24) is 9.97 Å². The highest BCUT2D eigenvalue weighted by atomic mass is 35.5. The smallest absolute Gasteiger partial charge is 0.107 e. The van der Waals surface area contributed by atoms with Crippen LogP contribution in [0.5, 0.6) is 0 Å². The number of H-pyrrole nitrogens is 1. The lowest BCUT2D eigenvalue weighted by molar-refractivity contribution is 0.885. The highest BCUT2D eigenvalue weighted by Gasteiger charge is 2.10. The van der Waals surface area contributed by atoms with Crippen molar-refractivity contribution in [3.63, 3.8) is 0 Å². The molecule has 0 bridgehead atoms. The number of rotatable bonds is 4. The molecule has 0 aliphatic carbocycles. The molecule has 0 saturated heterocycles. The Morgan fingerprint density at radius 3 is 2.52 bits per heavy atom. The van der Waals surface area contributed by atoms with Crippen molar-refractivity contribution in [2.75, 3.05) is 0 Å². The fourth-order valence-corrected chi connectivity index (χ4v) is 2.63. The van der Waals surface area contributed by atoms with E-state index in [9.17, 15) is 0 Å². The Morgan fingerprint density at radius 1 is 0.905 bits per heavy atom. The Bertz CT molecular complexity index is 736. The first-order valence-electron chi connectivity index (χ1n) is 6.76. The summed E-state index contributed by atoms with van der Waals surface area (Å²) in [6.07, 6.45) is 3.69. The van der Waals surface area contributed by atoms with Crippen molar-refractivity contribution >= 4 is 23.2 Å². The number of imidazole rings is 1. The topological polar surface area (TPSA) is 28.7 Å². The predicted molar refractivity (Wildman–Crippen MR) is 87.9 cm³/mol. The standard InChI is InChI=1S/C17H14Cl2N2/c18-14-8-4-7-13(17(14)19)15-11-20-16(21-15)10-9-12-5-2-1-3-6-12/h1-8,11H,9-10H2,(H,20,21). The summed E-state index contributed by atoms with van der Waals surface area (Å²) in [5.41, 5.74) is 2.98. The number of benzene rings is 2. The molecule has 0 aliphatic rings. The van der Waals surface area contributed by atoms with Crippen LogP contribution in [0.25, 0.3) is 11.3 Å². The average Bonchev–Trinajstić information content (AvgIpc) is 2.98. The third kappa shape index (κ3) is 3.29. The third-order valence-corrected chi connectivity index (χ3v) is 4.17. The van der Waals surface area contributed by atoms with Crippen LogP contribution in [0.1, 0.15) is 11.4 Å². The zero-order valence-electron chi connectivity index (χ0n) is 11.3. The summed E-state index contributed by atoms with van der Waals surface area (Å²) in [5, 5.41) is 1.09. The summed E-state index contributed by atoms with van der Waals surface area (Å²) >= 11 is 12.3. The fourth-order valence-electron chi connectivity index (χ4n) is 2.24. The van der Waals surface area contributed by atoms with Gasteiger partial charge in [0, 0.05) is 18.2 Å². The number of halogens is 2. The Morgan fingerprint density at radius 2 is 1.71 bits per heavy atom. The molecular formula is C17H14Cl2N2. The number of aryl methyl sites for hydroxylation is 2. The molecule has 106 valence electrons. The van der Waals surface area contributed by atoms with Gasteiger partial charge in [-0.2, -0.15) is 0 Å². The van der Waals surface area contributed by atoms with Gasteiger partial charge in [-0.1, -0.05) is 65.7 Å². The molecule has 3 aromatic rings. The molecule has 2 nitrogen and oxygen atoms in total. The molecular weight excluding hydrogens is 303 g/mol. The van der Waals surface area contributed by atoms with E-state index >= 15 is 0 Å². The molecule has 0 radical (unpaired) electrons. The summed E-state index contributed by atoms with van der Waals surface area (Å²) in [4.78, 5) is 7.81. The summed E-state index contributed by atoms with van der Waals surface area (Å²) in [6.45, 7) is 0. The van der Waals surface area contributed by atoms with E-state index in [0.29, 0.717) is 10.0 Å². The van der Waals surface area contributed by atoms with E-state index in [4.69, 9.17) is 23.2 Å². The first kappa shape index (κ1) is 14.2. The Balaban J connectivity index is 1.76. The lowest BCUT2D eigenvalue weighted by Crippen LogP contribution is -1.93. The Kier molecular flexibility index (Phi) is 4.28. The lowest BCUT2D eigenvalue weighted by atomic mass is 10.1. The summed E-state index contributed by atoms with van der Waals surface area (Å²) in [6, 6.07) is 15.9. The highest BCUT2D eigenvalue weighted by molar-refractivity contribution is 6.43. The van der Waals surface area contributed by atoms with Gasteiger partial charge in [0.25, 0.3) is 0 Å². The molecule has 0 atom stereocenters. The van der Waals surface area contributed by atoms with Gasteiger partial charge in [0.15, 0.2) is 0 Å².